The number of nitrogens with zero attached hydrogens (tertiary/aromatic N) is 1. The molecular weight excluding hydrogens is 514 g/mol. The molecule has 0 spiro atoms. The minimum Gasteiger partial charge on any atom is -0.493 e. The number of carbonyl (C=O) groups excluding carboxylic acids is 1. The molecule has 0 aromatic heterocycles. The largest absolute Gasteiger partial charge is 0.493 e. The van der Waals surface area contributed by atoms with Crippen LogP contribution in [0.5, 0.6) is 11.5 Å². The van der Waals surface area contributed by atoms with Crippen molar-refractivity contribution in [3.05, 3.63) is 52.0 Å². The standard InChI is InChI=1S/C27H32BrNO4S/c1-4-33-26(30)29-13-12-27-11-10-18(34-17-8-6-5-7-9-17)14-20(27)22(29)15-19-21(28)16-23(31-2)25(32-3)24(19)27/h5-9,16,18,20,22H,4,10-15H2,1-3H3. The van der Waals surface area contributed by atoms with Gasteiger partial charge in [-0.25, -0.2) is 4.79 Å². The van der Waals surface area contributed by atoms with Crippen LogP contribution in [0.4, 0.5) is 4.79 Å². The summed E-state index contributed by atoms with van der Waals surface area (Å²) in [6.07, 6.45) is 4.82. The second-order valence-corrected chi connectivity index (χ2v) is 11.7. The summed E-state index contributed by atoms with van der Waals surface area (Å²) in [6.45, 7) is 2.99. The van der Waals surface area contributed by atoms with E-state index in [1.54, 1.807) is 14.2 Å². The van der Waals surface area contributed by atoms with Gasteiger partial charge in [0.15, 0.2) is 11.5 Å². The average Bonchev–Trinajstić information content (AvgIpc) is 2.85. The highest BCUT2D eigenvalue weighted by Crippen LogP contribution is 2.61. The molecule has 2 aromatic rings. The molecular formula is C27H32BrNO4S. The molecule has 7 heteroatoms. The van der Waals surface area contributed by atoms with Crippen molar-refractivity contribution in [2.75, 3.05) is 27.4 Å². The number of benzene rings is 2. The third-order valence-corrected chi connectivity index (χ3v) is 10.00. The smallest absolute Gasteiger partial charge is 0.410 e. The van der Waals surface area contributed by atoms with E-state index in [1.807, 2.05) is 29.7 Å². The molecule has 2 aliphatic carbocycles. The van der Waals surface area contributed by atoms with E-state index in [2.05, 4.69) is 46.3 Å². The monoisotopic (exact) mass is 545 g/mol. The molecule has 0 radical (unpaired) electrons. The number of rotatable bonds is 5. The lowest BCUT2D eigenvalue weighted by atomic mass is 9.52. The Bertz CT molecular complexity index is 1060. The maximum absolute atomic E-state index is 13.0. The molecule has 3 aliphatic rings. The van der Waals surface area contributed by atoms with E-state index in [0.717, 1.165) is 48.1 Å². The lowest BCUT2D eigenvalue weighted by Gasteiger charge is -2.59. The Morgan fingerprint density at radius 1 is 1.21 bits per heavy atom. The van der Waals surface area contributed by atoms with Crippen LogP contribution in [-0.4, -0.2) is 49.7 Å². The van der Waals surface area contributed by atoms with E-state index >= 15 is 0 Å². The van der Waals surface area contributed by atoms with E-state index in [0.29, 0.717) is 24.3 Å². The van der Waals surface area contributed by atoms with Gasteiger partial charge in [0.1, 0.15) is 0 Å². The van der Waals surface area contributed by atoms with Gasteiger partial charge in [0.25, 0.3) is 0 Å². The van der Waals surface area contributed by atoms with Crippen LogP contribution in [0.25, 0.3) is 0 Å². The summed E-state index contributed by atoms with van der Waals surface area (Å²) in [5.41, 5.74) is 2.52. The molecule has 5 nitrogen and oxygen atoms in total. The maximum atomic E-state index is 13.0. The van der Waals surface area contributed by atoms with Gasteiger partial charge in [-0.2, -0.15) is 0 Å². The molecule has 182 valence electrons. The number of methoxy groups -OCH3 is 2. The van der Waals surface area contributed by atoms with Gasteiger partial charge in [-0.05, 0) is 68.7 Å². The summed E-state index contributed by atoms with van der Waals surface area (Å²) in [7, 11) is 3.45. The van der Waals surface area contributed by atoms with Gasteiger partial charge in [0, 0.05) is 38.2 Å². The number of halogens is 1. The number of likely N-dealkylation sites (tertiary alicyclic amines) is 1. The third-order valence-electron chi connectivity index (χ3n) is 7.98. The van der Waals surface area contributed by atoms with Crippen molar-refractivity contribution in [2.24, 2.45) is 5.92 Å². The Kier molecular flexibility index (Phi) is 6.77. The summed E-state index contributed by atoms with van der Waals surface area (Å²) >= 11 is 5.81. The van der Waals surface area contributed by atoms with E-state index in [4.69, 9.17) is 14.2 Å². The minimum atomic E-state index is -0.181. The zero-order chi connectivity index (χ0) is 23.9. The van der Waals surface area contributed by atoms with Gasteiger partial charge in [-0.15, -0.1) is 11.8 Å². The number of carbonyl (C=O) groups is 1. The van der Waals surface area contributed by atoms with Crippen LogP contribution >= 0.6 is 27.7 Å². The molecule has 1 saturated heterocycles. The van der Waals surface area contributed by atoms with E-state index in [9.17, 15) is 4.79 Å². The predicted octanol–water partition coefficient (Wildman–Crippen LogP) is 6.45. The number of ether oxygens (including phenoxy) is 3. The van der Waals surface area contributed by atoms with Gasteiger partial charge in [-0.3, -0.25) is 0 Å². The van der Waals surface area contributed by atoms with Gasteiger partial charge in [0.2, 0.25) is 0 Å². The Balaban J connectivity index is 1.58. The van der Waals surface area contributed by atoms with Crippen LogP contribution < -0.4 is 9.47 Å². The molecule has 4 unspecified atom stereocenters. The van der Waals surface area contributed by atoms with Crippen molar-refractivity contribution >= 4 is 33.8 Å². The van der Waals surface area contributed by atoms with E-state index in [-0.39, 0.29) is 17.6 Å². The quantitative estimate of drug-likeness (QED) is 0.431. The second kappa shape index (κ2) is 9.65. The van der Waals surface area contributed by atoms with Crippen molar-refractivity contribution < 1.29 is 19.0 Å². The Morgan fingerprint density at radius 2 is 2.00 bits per heavy atom. The zero-order valence-electron chi connectivity index (χ0n) is 20.0. The highest BCUT2D eigenvalue weighted by Gasteiger charge is 2.58. The average molecular weight is 547 g/mol. The lowest BCUT2D eigenvalue weighted by Crippen LogP contribution is -2.63. The highest BCUT2D eigenvalue weighted by atomic mass is 79.9. The fraction of sp³-hybridized carbons (Fsp3) is 0.519. The summed E-state index contributed by atoms with van der Waals surface area (Å²) in [4.78, 5) is 16.3. The molecule has 5 rings (SSSR count). The van der Waals surface area contributed by atoms with Crippen LogP contribution in [0.15, 0.2) is 45.8 Å². The van der Waals surface area contributed by atoms with E-state index in [1.165, 1.54) is 16.0 Å². The summed E-state index contributed by atoms with van der Waals surface area (Å²) in [5, 5.41) is 0.520. The Labute approximate surface area is 214 Å². The second-order valence-electron chi connectivity index (χ2n) is 9.45. The fourth-order valence-electron chi connectivity index (χ4n) is 6.63. The molecule has 4 atom stereocenters. The van der Waals surface area contributed by atoms with Crippen LogP contribution in [0.3, 0.4) is 0 Å². The summed E-state index contributed by atoms with van der Waals surface area (Å²) in [5.74, 6) is 1.98. The molecule has 1 aliphatic heterocycles. The molecule has 1 amide bonds. The number of fused-ring (bicyclic) bond motifs is 1. The normalized spacial score (nSPS) is 27.4. The van der Waals surface area contributed by atoms with Crippen LogP contribution in [0.1, 0.15) is 43.7 Å². The first kappa shape index (κ1) is 23.9. The predicted molar refractivity (Wildman–Crippen MR) is 138 cm³/mol. The van der Waals surface area contributed by atoms with Crippen molar-refractivity contribution in [3.8, 4) is 11.5 Å². The number of hydrogen-bond donors (Lipinski definition) is 0. The first-order valence-electron chi connectivity index (χ1n) is 12.1. The van der Waals surface area contributed by atoms with Crippen molar-refractivity contribution in [1.82, 2.24) is 4.90 Å². The summed E-state index contributed by atoms with van der Waals surface area (Å²) in [6, 6.07) is 12.8. The third kappa shape index (κ3) is 3.89. The van der Waals surface area contributed by atoms with Crippen molar-refractivity contribution in [1.29, 1.82) is 0 Å². The van der Waals surface area contributed by atoms with Gasteiger partial charge in [0.05, 0.1) is 20.8 Å². The van der Waals surface area contributed by atoms with Gasteiger partial charge < -0.3 is 19.1 Å². The number of piperidine rings is 1. The van der Waals surface area contributed by atoms with Gasteiger partial charge >= 0.3 is 6.09 Å². The van der Waals surface area contributed by atoms with Crippen LogP contribution in [-0.2, 0) is 16.6 Å². The molecule has 2 bridgehead atoms. The lowest BCUT2D eigenvalue weighted by molar-refractivity contribution is -0.0108. The minimum absolute atomic E-state index is 0.0304. The highest BCUT2D eigenvalue weighted by molar-refractivity contribution is 9.10. The van der Waals surface area contributed by atoms with Crippen molar-refractivity contribution in [3.63, 3.8) is 0 Å². The molecule has 1 saturated carbocycles. The zero-order valence-corrected chi connectivity index (χ0v) is 22.4. The first-order valence-corrected chi connectivity index (χ1v) is 13.8. The topological polar surface area (TPSA) is 48.0 Å². The molecule has 2 fully saturated rings. The molecule has 34 heavy (non-hydrogen) atoms. The summed E-state index contributed by atoms with van der Waals surface area (Å²) < 4.78 is 18.3. The maximum Gasteiger partial charge on any atom is 0.410 e. The van der Waals surface area contributed by atoms with Crippen molar-refractivity contribution in [2.45, 2.75) is 60.6 Å². The number of amides is 1. The molecule has 1 heterocycles. The number of thioether (sulfide) groups is 1. The van der Waals surface area contributed by atoms with Crippen LogP contribution in [0.2, 0.25) is 0 Å². The van der Waals surface area contributed by atoms with Gasteiger partial charge in [-0.1, -0.05) is 34.1 Å². The van der Waals surface area contributed by atoms with E-state index < -0.39 is 0 Å². The molecule has 2 aromatic carbocycles. The SMILES string of the molecule is CCOC(=O)N1CCC23CCC(Sc4ccccc4)CC2C1Cc1c(Br)cc(OC)c(OC)c13. The fourth-order valence-corrected chi connectivity index (χ4v) is 8.43. The Hall–Kier alpha value is -1.86. The number of hydrogen-bond acceptors (Lipinski definition) is 5. The first-order chi connectivity index (χ1) is 16.5. The van der Waals surface area contributed by atoms with Crippen LogP contribution in [0, 0.1) is 5.92 Å². The molecule has 0 N–H and O–H groups in total. The Morgan fingerprint density at radius 3 is 2.71 bits per heavy atom.